The first-order valence-corrected chi connectivity index (χ1v) is 10.6. The van der Waals surface area contributed by atoms with Gasteiger partial charge in [0.25, 0.3) is 5.91 Å². The highest BCUT2D eigenvalue weighted by Gasteiger charge is 2.33. The van der Waals surface area contributed by atoms with Gasteiger partial charge in [-0.25, -0.2) is 4.79 Å². The van der Waals surface area contributed by atoms with Crippen LogP contribution in [-0.4, -0.2) is 28.4 Å². The number of anilines is 1. The van der Waals surface area contributed by atoms with Crippen LogP contribution in [0, 0.1) is 0 Å². The normalized spacial score (nSPS) is 14.8. The Kier molecular flexibility index (Phi) is 6.29. The van der Waals surface area contributed by atoms with Gasteiger partial charge >= 0.3 is 5.97 Å². The molecule has 0 bridgehead atoms. The van der Waals surface area contributed by atoms with Crippen LogP contribution in [0.15, 0.2) is 70.0 Å². The van der Waals surface area contributed by atoms with Crippen LogP contribution in [0.3, 0.4) is 0 Å². The van der Waals surface area contributed by atoms with E-state index < -0.39 is 5.97 Å². The molecular weight excluding hydrogens is 450 g/mol. The van der Waals surface area contributed by atoms with Crippen LogP contribution in [-0.2, 0) is 11.4 Å². The van der Waals surface area contributed by atoms with Gasteiger partial charge in [0.1, 0.15) is 12.4 Å². The zero-order valence-corrected chi connectivity index (χ0v) is 18.4. The Hall–Kier alpha value is -3.56. The third-order valence-electron chi connectivity index (χ3n) is 4.54. The molecule has 32 heavy (non-hydrogen) atoms. The lowest BCUT2D eigenvalue weighted by molar-refractivity contribution is -0.113. The quantitative estimate of drug-likeness (QED) is 0.385. The number of para-hydroxylation sites is 1. The number of ether oxygens (including phenoxy) is 2. The van der Waals surface area contributed by atoms with Gasteiger partial charge in [0.2, 0.25) is 5.76 Å². The lowest BCUT2D eigenvalue weighted by Gasteiger charge is -2.13. The van der Waals surface area contributed by atoms with Crippen LogP contribution in [0.4, 0.5) is 5.69 Å². The molecule has 162 valence electrons. The fourth-order valence-electron chi connectivity index (χ4n) is 3.03. The monoisotopic (exact) mass is 467 g/mol. The second-order valence-corrected chi connectivity index (χ2v) is 8.30. The Morgan fingerprint density at radius 2 is 1.94 bits per heavy atom. The van der Waals surface area contributed by atoms with Crippen molar-refractivity contribution in [3.63, 3.8) is 0 Å². The second-order valence-electron chi connectivity index (χ2n) is 6.62. The summed E-state index contributed by atoms with van der Waals surface area (Å²) >= 11 is 6.64. The van der Waals surface area contributed by atoms with E-state index in [4.69, 9.17) is 31.2 Å². The largest absolute Gasteiger partial charge is 0.493 e. The SMILES string of the molecule is COc1cc(C=C2SC(=S)N(c3ccccc3)C2=O)ccc1OCc1ccc(C(=O)O)o1. The van der Waals surface area contributed by atoms with E-state index in [1.165, 1.54) is 29.8 Å². The number of carboxylic acids is 1. The van der Waals surface area contributed by atoms with Gasteiger partial charge in [-0.1, -0.05) is 48.2 Å². The number of aromatic carboxylic acids is 1. The van der Waals surface area contributed by atoms with E-state index in [9.17, 15) is 9.59 Å². The fraction of sp³-hybridized carbons (Fsp3) is 0.0870. The number of nitrogens with zero attached hydrogens (tertiary/aromatic N) is 1. The summed E-state index contributed by atoms with van der Waals surface area (Å²) in [6.07, 6.45) is 1.75. The van der Waals surface area contributed by atoms with Crippen molar-refractivity contribution in [3.8, 4) is 11.5 Å². The maximum Gasteiger partial charge on any atom is 0.371 e. The molecular formula is C23H17NO6S2. The van der Waals surface area contributed by atoms with Crippen LogP contribution in [0.2, 0.25) is 0 Å². The number of amides is 1. The summed E-state index contributed by atoms with van der Waals surface area (Å²) in [7, 11) is 1.51. The minimum atomic E-state index is -1.14. The molecule has 7 nitrogen and oxygen atoms in total. The molecule has 0 radical (unpaired) electrons. The molecule has 4 rings (SSSR count). The maximum atomic E-state index is 12.9. The average Bonchev–Trinajstić information content (AvgIpc) is 3.38. The number of furan rings is 1. The van der Waals surface area contributed by atoms with Gasteiger partial charge in [-0.2, -0.15) is 0 Å². The van der Waals surface area contributed by atoms with Crippen LogP contribution < -0.4 is 14.4 Å². The topological polar surface area (TPSA) is 89.2 Å². The summed E-state index contributed by atoms with van der Waals surface area (Å²) in [6.45, 7) is 0.0404. The van der Waals surface area contributed by atoms with Gasteiger partial charge in [0.15, 0.2) is 15.8 Å². The molecule has 0 spiro atoms. The van der Waals surface area contributed by atoms with E-state index in [1.807, 2.05) is 30.3 Å². The first-order chi connectivity index (χ1) is 15.5. The average molecular weight is 468 g/mol. The minimum absolute atomic E-state index is 0.0404. The molecule has 1 aliphatic rings. The highest BCUT2D eigenvalue weighted by Crippen LogP contribution is 2.37. The van der Waals surface area contributed by atoms with E-state index in [0.29, 0.717) is 26.5 Å². The van der Waals surface area contributed by atoms with Crippen molar-refractivity contribution in [2.75, 3.05) is 12.0 Å². The third kappa shape index (κ3) is 4.53. The zero-order valence-electron chi connectivity index (χ0n) is 16.8. The van der Waals surface area contributed by atoms with Gasteiger partial charge in [-0.15, -0.1) is 0 Å². The van der Waals surface area contributed by atoms with Gasteiger partial charge in [-0.3, -0.25) is 9.69 Å². The van der Waals surface area contributed by atoms with Crippen molar-refractivity contribution in [3.05, 3.63) is 82.7 Å². The number of hydrogen-bond acceptors (Lipinski definition) is 7. The van der Waals surface area contributed by atoms with Crippen molar-refractivity contribution in [2.45, 2.75) is 6.61 Å². The highest BCUT2D eigenvalue weighted by molar-refractivity contribution is 8.27. The van der Waals surface area contributed by atoms with Crippen molar-refractivity contribution >= 4 is 51.9 Å². The molecule has 1 amide bonds. The van der Waals surface area contributed by atoms with Gasteiger partial charge in [0.05, 0.1) is 17.7 Å². The molecule has 3 aromatic rings. The Morgan fingerprint density at radius 1 is 1.16 bits per heavy atom. The number of hydrogen-bond donors (Lipinski definition) is 1. The van der Waals surface area contributed by atoms with E-state index in [2.05, 4.69) is 0 Å². The predicted octanol–water partition coefficient (Wildman–Crippen LogP) is 4.97. The molecule has 1 N–H and O–H groups in total. The van der Waals surface area contributed by atoms with Crippen LogP contribution >= 0.6 is 24.0 Å². The Labute approximate surface area is 193 Å². The summed E-state index contributed by atoms with van der Waals surface area (Å²) < 4.78 is 16.8. The number of thiocarbonyl (C=S) groups is 1. The molecule has 2 heterocycles. The van der Waals surface area contributed by atoms with E-state index in [-0.39, 0.29) is 18.3 Å². The predicted molar refractivity (Wildman–Crippen MR) is 125 cm³/mol. The first kappa shape index (κ1) is 21.7. The minimum Gasteiger partial charge on any atom is -0.493 e. The summed E-state index contributed by atoms with van der Waals surface area (Å²) in [6, 6.07) is 17.4. The van der Waals surface area contributed by atoms with Crippen LogP contribution in [0.1, 0.15) is 21.9 Å². The molecule has 0 atom stereocenters. The molecule has 2 aromatic carbocycles. The Morgan fingerprint density at radius 3 is 2.62 bits per heavy atom. The third-order valence-corrected chi connectivity index (χ3v) is 5.84. The number of carboxylic acid groups (broad SMARTS) is 1. The van der Waals surface area contributed by atoms with Crippen molar-refractivity contribution in [2.24, 2.45) is 0 Å². The van der Waals surface area contributed by atoms with E-state index in [1.54, 1.807) is 30.3 Å². The number of carbonyl (C=O) groups is 2. The second kappa shape index (κ2) is 9.29. The van der Waals surface area contributed by atoms with Crippen molar-refractivity contribution < 1.29 is 28.6 Å². The molecule has 0 unspecified atom stereocenters. The van der Waals surface area contributed by atoms with E-state index >= 15 is 0 Å². The highest BCUT2D eigenvalue weighted by atomic mass is 32.2. The lowest BCUT2D eigenvalue weighted by Crippen LogP contribution is -2.27. The van der Waals surface area contributed by atoms with Gasteiger partial charge < -0.3 is 19.0 Å². The molecule has 1 fully saturated rings. The molecule has 9 heteroatoms. The summed E-state index contributed by atoms with van der Waals surface area (Å²) in [5.74, 6) is -0.192. The molecule has 1 saturated heterocycles. The van der Waals surface area contributed by atoms with Gasteiger partial charge in [-0.05, 0) is 48.0 Å². The molecule has 1 aromatic heterocycles. The number of rotatable bonds is 7. The van der Waals surface area contributed by atoms with Gasteiger partial charge in [0, 0.05) is 0 Å². The number of methoxy groups -OCH3 is 1. The molecule has 1 aliphatic heterocycles. The molecule has 0 saturated carbocycles. The van der Waals surface area contributed by atoms with Crippen LogP contribution in [0.25, 0.3) is 6.08 Å². The Balaban J connectivity index is 1.51. The summed E-state index contributed by atoms with van der Waals surface area (Å²) in [4.78, 5) is 25.8. The maximum absolute atomic E-state index is 12.9. The first-order valence-electron chi connectivity index (χ1n) is 9.42. The zero-order chi connectivity index (χ0) is 22.7. The number of thioether (sulfide) groups is 1. The lowest BCUT2D eigenvalue weighted by atomic mass is 10.2. The Bertz CT molecular complexity index is 1220. The van der Waals surface area contributed by atoms with E-state index in [0.717, 1.165) is 11.3 Å². The van der Waals surface area contributed by atoms with Crippen molar-refractivity contribution in [1.82, 2.24) is 0 Å². The number of benzene rings is 2. The van der Waals surface area contributed by atoms with Crippen molar-refractivity contribution in [1.29, 1.82) is 0 Å². The number of carbonyl (C=O) groups excluding carboxylic acids is 1. The summed E-state index contributed by atoms with van der Waals surface area (Å²) in [5.41, 5.74) is 1.47. The standard InChI is InChI=1S/C23H17NO6S2/c1-28-19-11-14(7-9-17(19)29-13-16-8-10-18(30-16)22(26)27)12-20-21(25)24(23(31)32-20)15-5-3-2-4-6-15/h2-12H,13H2,1H3,(H,26,27). The smallest absolute Gasteiger partial charge is 0.371 e. The molecule has 0 aliphatic carbocycles. The summed E-state index contributed by atoms with van der Waals surface area (Å²) in [5, 5.41) is 8.93. The van der Waals surface area contributed by atoms with Crippen LogP contribution in [0.5, 0.6) is 11.5 Å². The fourth-order valence-corrected chi connectivity index (χ4v) is 4.33.